The first-order valence-electron chi connectivity index (χ1n) is 11.0. The number of fused-ring (bicyclic) bond motifs is 2. The van der Waals surface area contributed by atoms with Crippen LogP contribution in [0.5, 0.6) is 5.88 Å². The molecule has 0 atom stereocenters. The van der Waals surface area contributed by atoms with Crippen LogP contribution in [0.25, 0.3) is 27.8 Å². The van der Waals surface area contributed by atoms with E-state index >= 15 is 0 Å². The molecule has 0 bridgehead atoms. The van der Waals surface area contributed by atoms with E-state index in [4.69, 9.17) is 14.7 Å². The molecule has 0 aromatic carbocycles. The normalized spacial score (nSPS) is 21.8. The van der Waals surface area contributed by atoms with E-state index in [-0.39, 0.29) is 6.04 Å². The number of nitrogens with zero attached hydrogens (tertiary/aromatic N) is 5. The number of aliphatic hydroxyl groups is 1. The number of H-pyrrole nitrogens is 1. The van der Waals surface area contributed by atoms with Gasteiger partial charge in [0.2, 0.25) is 11.8 Å². The number of ether oxygens (including phenoxy) is 1. The fraction of sp³-hybridized carbons (Fsp3) is 0.400. The summed E-state index contributed by atoms with van der Waals surface area (Å²) in [5.74, 6) is 1.07. The van der Waals surface area contributed by atoms with E-state index in [1.807, 2.05) is 59.4 Å². The van der Waals surface area contributed by atoms with Crippen LogP contribution in [-0.4, -0.2) is 75.1 Å². The van der Waals surface area contributed by atoms with Gasteiger partial charge in [-0.1, -0.05) is 0 Å². The number of aromatic amines is 1. The zero-order chi connectivity index (χ0) is 22.5. The molecule has 9 nitrogen and oxygen atoms in total. The van der Waals surface area contributed by atoms with Crippen molar-refractivity contribution in [1.29, 1.82) is 0 Å². The van der Waals surface area contributed by atoms with Crippen molar-refractivity contribution in [2.45, 2.75) is 49.5 Å². The van der Waals surface area contributed by atoms with Crippen LogP contribution in [0, 0.1) is 0 Å². The predicted molar refractivity (Wildman–Crippen MR) is 131 cm³/mol. The molecule has 1 saturated carbocycles. The highest BCUT2D eigenvalue weighted by molar-refractivity contribution is 6.58. The number of pyridine rings is 1. The van der Waals surface area contributed by atoms with Gasteiger partial charge in [-0.05, 0) is 44.7 Å². The summed E-state index contributed by atoms with van der Waals surface area (Å²) in [5.41, 5.74) is 2.86. The van der Waals surface area contributed by atoms with Crippen LogP contribution in [-0.2, 0) is 0 Å². The Morgan fingerprint density at radius 3 is 2.78 bits per heavy atom. The van der Waals surface area contributed by atoms with Gasteiger partial charge in [0.25, 0.3) is 0 Å². The molecule has 5 rings (SSSR count). The van der Waals surface area contributed by atoms with Gasteiger partial charge in [0.15, 0.2) is 5.65 Å². The van der Waals surface area contributed by atoms with E-state index in [1.54, 1.807) is 6.33 Å². The topological polar surface area (TPSA) is 113 Å². The fourth-order valence-electron chi connectivity index (χ4n) is 4.21. The van der Waals surface area contributed by atoms with Crippen molar-refractivity contribution in [1.82, 2.24) is 29.5 Å². The second-order valence-electron chi connectivity index (χ2n) is 9.92. The van der Waals surface area contributed by atoms with Crippen molar-refractivity contribution in [3.8, 4) is 17.0 Å². The maximum atomic E-state index is 10.2. The van der Waals surface area contributed by atoms with Crippen molar-refractivity contribution in [2.75, 3.05) is 5.32 Å². The summed E-state index contributed by atoms with van der Waals surface area (Å²) in [6.07, 6.45) is 8.87. The van der Waals surface area contributed by atoms with Gasteiger partial charge in [0.1, 0.15) is 35.5 Å². The monoisotopic (exact) mass is 429 g/mol. The zero-order valence-corrected chi connectivity index (χ0v) is 18.9. The Balaban J connectivity index is 1.54. The molecule has 1 fully saturated rings. The van der Waals surface area contributed by atoms with E-state index in [2.05, 4.69) is 20.5 Å². The second-order valence-corrected chi connectivity index (χ2v) is 9.92. The Kier molecular flexibility index (Phi) is 4.92. The van der Waals surface area contributed by atoms with Gasteiger partial charge in [-0.15, -0.1) is 10.2 Å². The van der Waals surface area contributed by atoms with Crippen LogP contribution in [0.4, 0.5) is 5.95 Å². The molecule has 0 saturated heterocycles. The molecular weight excluding hydrogens is 403 g/mol. The highest BCUT2D eigenvalue weighted by Gasteiger charge is 2.29. The standard InChI is InChI=1S/C20H26B3N7O2/c1-19(31)6-4-12(5-7-19)26-18-27-16-15(17(28-18)32-20(21,22)23)13(8-24-16)11-2-3-14-29-25-10-30(14)9-11/h2-3,8-10,12,31H,4-7,21-23H2,1H3,(H2,24,26,27,28)/t12-,19-. The highest BCUT2D eigenvalue weighted by atomic mass is 16.5. The third-order valence-corrected chi connectivity index (χ3v) is 5.90. The van der Waals surface area contributed by atoms with Gasteiger partial charge in [0.05, 0.1) is 11.0 Å². The number of nitrogens with one attached hydrogen (secondary N) is 2. The molecule has 0 radical (unpaired) electrons. The van der Waals surface area contributed by atoms with E-state index < -0.39 is 10.9 Å². The lowest BCUT2D eigenvalue weighted by Crippen LogP contribution is -2.38. The number of aromatic nitrogens is 6. The molecule has 162 valence electrons. The van der Waals surface area contributed by atoms with Crippen molar-refractivity contribution < 1.29 is 9.84 Å². The van der Waals surface area contributed by atoms with Crippen LogP contribution >= 0.6 is 0 Å². The lowest BCUT2D eigenvalue weighted by atomic mass is 9.52. The first kappa shape index (κ1) is 20.9. The van der Waals surface area contributed by atoms with Crippen LogP contribution < -0.4 is 10.1 Å². The lowest BCUT2D eigenvalue weighted by Gasteiger charge is -2.33. The van der Waals surface area contributed by atoms with Crippen LogP contribution in [0.2, 0.25) is 0 Å². The highest BCUT2D eigenvalue weighted by Crippen LogP contribution is 2.36. The van der Waals surface area contributed by atoms with E-state index in [1.165, 1.54) is 0 Å². The molecule has 4 heterocycles. The minimum atomic E-state index is -0.580. The number of rotatable bonds is 5. The van der Waals surface area contributed by atoms with Crippen LogP contribution in [0.15, 0.2) is 30.9 Å². The molecule has 4 aromatic heterocycles. The van der Waals surface area contributed by atoms with E-state index in [9.17, 15) is 5.11 Å². The second kappa shape index (κ2) is 7.55. The van der Waals surface area contributed by atoms with Crippen molar-refractivity contribution in [2.24, 2.45) is 0 Å². The summed E-state index contributed by atoms with van der Waals surface area (Å²) in [7, 11) is 6.02. The molecule has 12 heteroatoms. The molecular formula is C20H26B3N7O2. The van der Waals surface area contributed by atoms with E-state index in [0.717, 1.165) is 47.8 Å². The summed E-state index contributed by atoms with van der Waals surface area (Å²) in [4.78, 5) is 12.8. The minimum absolute atomic E-state index is 0.223. The first-order chi connectivity index (χ1) is 15.2. The number of hydrogen-bond acceptors (Lipinski definition) is 7. The molecule has 32 heavy (non-hydrogen) atoms. The molecule has 0 unspecified atom stereocenters. The molecule has 1 aliphatic carbocycles. The average molecular weight is 429 g/mol. The van der Waals surface area contributed by atoms with Gasteiger partial charge in [-0.2, -0.15) is 9.97 Å². The van der Waals surface area contributed by atoms with Crippen LogP contribution in [0.1, 0.15) is 32.6 Å². The molecule has 0 spiro atoms. The summed E-state index contributed by atoms with van der Waals surface area (Å²) < 4.78 is 8.17. The summed E-state index contributed by atoms with van der Waals surface area (Å²) in [5, 5.41) is 22.1. The SMILES string of the molecule is BC(B)(B)Oc1nc(N[C@H]2CC[C@](C)(O)CC2)nc2[nH]cc(-c3ccc4nncn4c3)c12. The first-order valence-corrected chi connectivity index (χ1v) is 11.0. The maximum absolute atomic E-state index is 10.2. The predicted octanol–water partition coefficient (Wildman–Crippen LogP) is -0.338. The Bertz CT molecular complexity index is 1270. The Morgan fingerprint density at radius 1 is 1.25 bits per heavy atom. The van der Waals surface area contributed by atoms with Crippen LogP contribution in [0.3, 0.4) is 0 Å². The molecule has 4 aromatic rings. The van der Waals surface area contributed by atoms with Crippen molar-refractivity contribution in [3.05, 3.63) is 30.9 Å². The quantitative estimate of drug-likeness (QED) is 0.373. The van der Waals surface area contributed by atoms with Gasteiger partial charge in [0, 0.05) is 34.9 Å². The van der Waals surface area contributed by atoms with Gasteiger partial charge < -0.3 is 20.1 Å². The van der Waals surface area contributed by atoms with Gasteiger partial charge >= 0.3 is 0 Å². The summed E-state index contributed by atoms with van der Waals surface area (Å²) in [6, 6.07) is 4.16. The summed E-state index contributed by atoms with van der Waals surface area (Å²) in [6.45, 7) is 1.90. The molecule has 0 aliphatic heterocycles. The van der Waals surface area contributed by atoms with Gasteiger partial charge in [-0.3, -0.25) is 4.40 Å². The van der Waals surface area contributed by atoms with Crippen molar-refractivity contribution in [3.63, 3.8) is 0 Å². The molecule has 1 aliphatic rings. The number of hydrogen-bond donors (Lipinski definition) is 3. The largest absolute Gasteiger partial charge is 0.498 e. The third kappa shape index (κ3) is 4.19. The average Bonchev–Trinajstić information content (AvgIpc) is 3.34. The van der Waals surface area contributed by atoms with E-state index in [0.29, 0.717) is 17.5 Å². The lowest BCUT2D eigenvalue weighted by molar-refractivity contribution is 0.0195. The molecule has 3 N–H and O–H groups in total. The maximum Gasteiger partial charge on any atom is 0.228 e. The Labute approximate surface area is 188 Å². The van der Waals surface area contributed by atoms with Gasteiger partial charge in [-0.25, -0.2) is 0 Å². The fourth-order valence-corrected chi connectivity index (χ4v) is 4.21. The summed E-state index contributed by atoms with van der Waals surface area (Å²) >= 11 is 0. The zero-order valence-electron chi connectivity index (χ0n) is 18.9. The third-order valence-electron chi connectivity index (χ3n) is 5.90. The molecule has 0 amide bonds. The Hall–Kier alpha value is -3.01. The minimum Gasteiger partial charge on any atom is -0.498 e. The van der Waals surface area contributed by atoms with Crippen molar-refractivity contribution >= 4 is 46.2 Å². The smallest absolute Gasteiger partial charge is 0.228 e. The Morgan fingerprint density at radius 2 is 2.03 bits per heavy atom. The number of anilines is 1.